The molecule has 1 aliphatic rings. The molecule has 20 heavy (non-hydrogen) atoms. The molecule has 1 saturated heterocycles. The third kappa shape index (κ3) is 3.87. The van der Waals surface area contributed by atoms with Crippen LogP contribution in [0.1, 0.15) is 36.5 Å². The van der Waals surface area contributed by atoms with Crippen molar-refractivity contribution in [1.82, 2.24) is 5.32 Å². The second kappa shape index (κ2) is 7.14. The van der Waals surface area contributed by atoms with Gasteiger partial charge in [-0.05, 0) is 44.4 Å². The van der Waals surface area contributed by atoms with Crippen LogP contribution in [0.5, 0.6) is 0 Å². The number of ether oxygens (including phenoxy) is 1. The molecule has 0 aliphatic carbocycles. The van der Waals surface area contributed by atoms with E-state index in [1.807, 2.05) is 6.92 Å². The van der Waals surface area contributed by atoms with E-state index in [1.54, 1.807) is 18.2 Å². The minimum absolute atomic E-state index is 0.0744. The van der Waals surface area contributed by atoms with Crippen LogP contribution < -0.4 is 16.4 Å². The zero-order valence-corrected chi connectivity index (χ0v) is 11.9. The summed E-state index contributed by atoms with van der Waals surface area (Å²) >= 11 is 0. The maximum absolute atomic E-state index is 11.8. The topological polar surface area (TPSA) is 76.4 Å². The van der Waals surface area contributed by atoms with Crippen LogP contribution in [0.3, 0.4) is 0 Å². The number of nitrogens with two attached hydrogens (primary N) is 1. The Bertz CT molecular complexity index is 456. The van der Waals surface area contributed by atoms with Crippen LogP contribution in [-0.2, 0) is 4.74 Å². The summed E-state index contributed by atoms with van der Waals surface area (Å²) in [4.78, 5) is 11.8. The Morgan fingerprint density at radius 2 is 2.35 bits per heavy atom. The molecule has 110 valence electrons. The lowest BCUT2D eigenvalue weighted by atomic mass is 10.1. The van der Waals surface area contributed by atoms with Gasteiger partial charge in [-0.1, -0.05) is 0 Å². The SMILES string of the molecule is CCNC(=O)c1ccc(N)c(NCCC2CCCO2)c1. The number of amides is 1. The molecule has 1 fully saturated rings. The molecule has 1 heterocycles. The first kappa shape index (κ1) is 14.7. The first-order chi connectivity index (χ1) is 9.70. The number of nitrogen functional groups attached to an aromatic ring is 1. The van der Waals surface area contributed by atoms with Gasteiger partial charge < -0.3 is 21.1 Å². The highest BCUT2D eigenvalue weighted by molar-refractivity contribution is 5.96. The average Bonchev–Trinajstić information content (AvgIpc) is 2.94. The predicted octanol–water partition coefficient (Wildman–Crippen LogP) is 2.00. The summed E-state index contributed by atoms with van der Waals surface area (Å²) in [6, 6.07) is 5.31. The predicted molar refractivity (Wildman–Crippen MR) is 80.9 cm³/mol. The van der Waals surface area contributed by atoms with Crippen LogP contribution in [0.4, 0.5) is 11.4 Å². The Balaban J connectivity index is 1.92. The van der Waals surface area contributed by atoms with E-state index in [2.05, 4.69) is 10.6 Å². The maximum Gasteiger partial charge on any atom is 0.251 e. The van der Waals surface area contributed by atoms with Gasteiger partial charge in [0.1, 0.15) is 0 Å². The van der Waals surface area contributed by atoms with E-state index in [4.69, 9.17) is 10.5 Å². The summed E-state index contributed by atoms with van der Waals surface area (Å²) in [5.74, 6) is -0.0744. The van der Waals surface area contributed by atoms with Gasteiger partial charge in [-0.2, -0.15) is 0 Å². The first-order valence-electron chi connectivity index (χ1n) is 7.24. The van der Waals surface area contributed by atoms with Crippen molar-refractivity contribution in [2.45, 2.75) is 32.3 Å². The first-order valence-corrected chi connectivity index (χ1v) is 7.24. The summed E-state index contributed by atoms with van der Waals surface area (Å²) in [5, 5.41) is 6.07. The number of hydrogen-bond donors (Lipinski definition) is 3. The second-order valence-electron chi connectivity index (χ2n) is 5.01. The summed E-state index contributed by atoms with van der Waals surface area (Å²) in [5.41, 5.74) is 8.03. The van der Waals surface area contributed by atoms with Crippen molar-refractivity contribution in [2.75, 3.05) is 30.7 Å². The minimum Gasteiger partial charge on any atom is -0.397 e. The van der Waals surface area contributed by atoms with E-state index >= 15 is 0 Å². The van der Waals surface area contributed by atoms with E-state index < -0.39 is 0 Å². The van der Waals surface area contributed by atoms with E-state index in [0.717, 1.165) is 38.1 Å². The minimum atomic E-state index is -0.0744. The standard InChI is InChI=1S/C15H23N3O2/c1-2-17-15(19)11-5-6-13(16)14(10-11)18-8-7-12-4-3-9-20-12/h5-6,10,12,18H,2-4,7-9,16H2,1H3,(H,17,19). The molecular formula is C15H23N3O2. The molecule has 1 aromatic carbocycles. The lowest BCUT2D eigenvalue weighted by Gasteiger charge is -2.13. The van der Waals surface area contributed by atoms with E-state index in [1.165, 1.54) is 0 Å². The Labute approximate surface area is 119 Å². The van der Waals surface area contributed by atoms with Crippen molar-refractivity contribution in [2.24, 2.45) is 0 Å². The van der Waals surface area contributed by atoms with Crippen molar-refractivity contribution in [1.29, 1.82) is 0 Å². The average molecular weight is 277 g/mol. The highest BCUT2D eigenvalue weighted by atomic mass is 16.5. The number of anilines is 2. The summed E-state index contributed by atoms with van der Waals surface area (Å²) in [6.45, 7) is 4.19. The molecule has 1 atom stereocenters. The quantitative estimate of drug-likeness (QED) is 0.695. The van der Waals surface area contributed by atoms with Crippen molar-refractivity contribution in [3.63, 3.8) is 0 Å². The molecule has 1 aliphatic heterocycles. The zero-order chi connectivity index (χ0) is 14.4. The number of hydrogen-bond acceptors (Lipinski definition) is 4. The van der Waals surface area contributed by atoms with Gasteiger partial charge in [0, 0.05) is 25.3 Å². The fraction of sp³-hybridized carbons (Fsp3) is 0.533. The monoisotopic (exact) mass is 277 g/mol. The van der Waals surface area contributed by atoms with Crippen molar-refractivity contribution >= 4 is 17.3 Å². The molecule has 0 spiro atoms. The zero-order valence-electron chi connectivity index (χ0n) is 11.9. The molecular weight excluding hydrogens is 254 g/mol. The lowest BCUT2D eigenvalue weighted by Crippen LogP contribution is -2.23. The summed E-state index contributed by atoms with van der Waals surface area (Å²) in [6.07, 6.45) is 3.61. The van der Waals surface area contributed by atoms with Gasteiger partial charge in [-0.15, -0.1) is 0 Å². The molecule has 1 amide bonds. The maximum atomic E-state index is 11.8. The molecule has 1 aromatic rings. The van der Waals surface area contributed by atoms with Crippen LogP contribution >= 0.6 is 0 Å². The fourth-order valence-corrected chi connectivity index (χ4v) is 2.35. The Hall–Kier alpha value is -1.75. The number of nitrogens with one attached hydrogen (secondary N) is 2. The number of benzene rings is 1. The summed E-state index contributed by atoms with van der Waals surface area (Å²) < 4.78 is 5.58. The number of carbonyl (C=O) groups excluding carboxylic acids is 1. The van der Waals surface area contributed by atoms with Gasteiger partial charge in [0.2, 0.25) is 0 Å². The van der Waals surface area contributed by atoms with Crippen molar-refractivity contribution < 1.29 is 9.53 Å². The number of rotatable bonds is 6. The van der Waals surface area contributed by atoms with Gasteiger partial charge in [0.25, 0.3) is 5.91 Å². The van der Waals surface area contributed by atoms with Crippen molar-refractivity contribution in [3.05, 3.63) is 23.8 Å². The highest BCUT2D eigenvalue weighted by Gasteiger charge is 2.15. The molecule has 5 heteroatoms. The molecule has 5 nitrogen and oxygen atoms in total. The Morgan fingerprint density at radius 3 is 3.05 bits per heavy atom. The molecule has 0 bridgehead atoms. The smallest absolute Gasteiger partial charge is 0.251 e. The third-order valence-corrected chi connectivity index (χ3v) is 3.46. The lowest BCUT2D eigenvalue weighted by molar-refractivity contribution is 0.0955. The number of carbonyl (C=O) groups is 1. The van der Waals surface area contributed by atoms with Gasteiger partial charge in [0.05, 0.1) is 17.5 Å². The molecule has 4 N–H and O–H groups in total. The Morgan fingerprint density at radius 1 is 1.50 bits per heavy atom. The van der Waals surface area contributed by atoms with E-state index in [0.29, 0.717) is 23.9 Å². The molecule has 1 unspecified atom stereocenters. The van der Waals surface area contributed by atoms with Gasteiger partial charge >= 0.3 is 0 Å². The second-order valence-corrected chi connectivity index (χ2v) is 5.01. The highest BCUT2D eigenvalue weighted by Crippen LogP contribution is 2.21. The van der Waals surface area contributed by atoms with Crippen LogP contribution in [0.25, 0.3) is 0 Å². The van der Waals surface area contributed by atoms with Crippen LogP contribution in [0.15, 0.2) is 18.2 Å². The summed E-state index contributed by atoms with van der Waals surface area (Å²) in [7, 11) is 0. The van der Waals surface area contributed by atoms with E-state index in [9.17, 15) is 4.79 Å². The fourth-order valence-electron chi connectivity index (χ4n) is 2.35. The van der Waals surface area contributed by atoms with Crippen LogP contribution in [0, 0.1) is 0 Å². The Kier molecular flexibility index (Phi) is 5.24. The van der Waals surface area contributed by atoms with Gasteiger partial charge in [-0.25, -0.2) is 0 Å². The van der Waals surface area contributed by atoms with Gasteiger partial charge in [0.15, 0.2) is 0 Å². The van der Waals surface area contributed by atoms with Crippen molar-refractivity contribution in [3.8, 4) is 0 Å². The van der Waals surface area contributed by atoms with Crippen LogP contribution in [-0.4, -0.2) is 31.7 Å². The molecule has 0 saturated carbocycles. The van der Waals surface area contributed by atoms with Crippen LogP contribution in [0.2, 0.25) is 0 Å². The normalized spacial score (nSPS) is 17.9. The third-order valence-electron chi connectivity index (χ3n) is 3.46. The molecule has 0 aromatic heterocycles. The molecule has 2 rings (SSSR count). The van der Waals surface area contributed by atoms with Gasteiger partial charge in [-0.3, -0.25) is 4.79 Å². The molecule has 0 radical (unpaired) electrons. The largest absolute Gasteiger partial charge is 0.397 e. The van der Waals surface area contributed by atoms with E-state index in [-0.39, 0.29) is 5.91 Å².